The number of nitrogens with one attached hydrogen (secondary N) is 4. The zero-order chi connectivity index (χ0) is 30.7. The van der Waals surface area contributed by atoms with E-state index in [4.69, 9.17) is 4.74 Å². The van der Waals surface area contributed by atoms with Gasteiger partial charge in [-0.05, 0) is 37.1 Å². The van der Waals surface area contributed by atoms with E-state index in [1.807, 2.05) is 0 Å². The lowest BCUT2D eigenvalue weighted by Gasteiger charge is -2.20. The van der Waals surface area contributed by atoms with Crippen LogP contribution in [0.25, 0.3) is 0 Å². The molecule has 1 heterocycles. The van der Waals surface area contributed by atoms with Gasteiger partial charge in [-0.3, -0.25) is 39.1 Å². The maximum absolute atomic E-state index is 12.8. The number of aromatic nitrogens is 2. The Balaban J connectivity index is 0.00000882. The topological polar surface area (TPSA) is 237 Å². The average molecular weight is 591 g/mol. The molecule has 42 heavy (non-hydrogen) atoms. The summed E-state index contributed by atoms with van der Waals surface area (Å²) in [7, 11) is 2.39. The van der Waals surface area contributed by atoms with Crippen LogP contribution in [0.5, 0.6) is 0 Å². The summed E-state index contributed by atoms with van der Waals surface area (Å²) in [6.45, 7) is 3.68. The summed E-state index contributed by atoms with van der Waals surface area (Å²) in [5, 5.41) is 7.93. The summed E-state index contributed by atoms with van der Waals surface area (Å²) in [4.78, 5) is 91.8. The molecule has 2 aromatic rings. The fraction of sp³-hybridized carbons (Fsp3) is 0.385. The van der Waals surface area contributed by atoms with E-state index in [1.54, 1.807) is 12.1 Å². The second kappa shape index (κ2) is 16.2. The molecular formula is C26H34N6O10. The minimum atomic E-state index is -1.05. The summed E-state index contributed by atoms with van der Waals surface area (Å²) in [5.41, 5.74) is 0.200. The third kappa shape index (κ3) is 9.81. The van der Waals surface area contributed by atoms with Crippen molar-refractivity contribution in [2.24, 2.45) is 0 Å². The number of methoxy groups -OCH3 is 2. The van der Waals surface area contributed by atoms with Crippen LogP contribution >= 0.6 is 0 Å². The van der Waals surface area contributed by atoms with Gasteiger partial charge in [-0.15, -0.1) is 0 Å². The number of hydrogen-bond acceptors (Lipinski definition) is 11. The molecule has 0 spiro atoms. The number of amides is 4. The van der Waals surface area contributed by atoms with E-state index < -0.39 is 47.2 Å². The van der Waals surface area contributed by atoms with Gasteiger partial charge in [-0.25, -0.2) is 9.69 Å². The molecule has 0 unspecified atom stereocenters. The largest absolute Gasteiger partial charge is 0.469 e. The van der Waals surface area contributed by atoms with Crippen LogP contribution in [0.2, 0.25) is 0 Å². The van der Waals surface area contributed by atoms with Crippen LogP contribution in [0.4, 0.5) is 17.5 Å². The van der Waals surface area contributed by atoms with E-state index in [2.05, 4.69) is 30.7 Å². The summed E-state index contributed by atoms with van der Waals surface area (Å²) >= 11 is 0. The van der Waals surface area contributed by atoms with Gasteiger partial charge in [-0.2, -0.15) is 4.98 Å². The van der Waals surface area contributed by atoms with E-state index in [0.717, 1.165) is 18.7 Å². The highest BCUT2D eigenvalue weighted by Crippen LogP contribution is 2.18. The molecular weight excluding hydrogens is 556 g/mol. The number of carbonyl (C=O) groups excluding carboxylic acids is 6. The molecule has 0 aliphatic heterocycles. The Kier molecular flexibility index (Phi) is 13.5. The first kappa shape index (κ1) is 34.9. The van der Waals surface area contributed by atoms with Crippen molar-refractivity contribution in [1.29, 1.82) is 0 Å². The standard InChI is InChI=1S/C26H32N6O9.H2O/c1-14(33)28-26-30-22(32(15(2)34)16(3)35)19(24(38)31-26)12-13-27-18-8-6-17(7-9-18)23(37)29-20(25(39)41-5)10-11-21(36)40-4;/h6-9,20,27H,10-13H2,1-5H3,(H,29,37)(H2,28,30,31,33,38);1H2/t20-;/m1./s1. The highest BCUT2D eigenvalue weighted by molar-refractivity contribution is 6.13. The van der Waals surface area contributed by atoms with E-state index in [1.165, 1.54) is 33.3 Å². The quantitative estimate of drug-likeness (QED) is 0.234. The van der Waals surface area contributed by atoms with Gasteiger partial charge in [0.1, 0.15) is 6.04 Å². The number of benzene rings is 1. The fourth-order valence-electron chi connectivity index (χ4n) is 3.71. The van der Waals surface area contributed by atoms with Crippen molar-refractivity contribution < 1.29 is 43.7 Å². The number of carbonyl (C=O) groups is 6. The molecule has 4 amide bonds. The molecule has 0 fully saturated rings. The molecule has 1 atom stereocenters. The first-order valence-corrected chi connectivity index (χ1v) is 12.4. The summed E-state index contributed by atoms with van der Waals surface area (Å²) in [6, 6.07) is 5.14. The Bertz CT molecular complexity index is 1360. The van der Waals surface area contributed by atoms with Gasteiger partial charge in [0, 0.05) is 45.0 Å². The van der Waals surface area contributed by atoms with Crippen molar-refractivity contribution in [1.82, 2.24) is 15.3 Å². The van der Waals surface area contributed by atoms with Crippen LogP contribution in [0.1, 0.15) is 49.5 Å². The Morgan fingerprint density at radius 2 is 1.60 bits per heavy atom. The average Bonchev–Trinajstić information content (AvgIpc) is 2.91. The van der Waals surface area contributed by atoms with Gasteiger partial charge < -0.3 is 25.6 Å². The molecule has 16 nitrogen and oxygen atoms in total. The minimum Gasteiger partial charge on any atom is -0.469 e. The molecule has 0 bridgehead atoms. The monoisotopic (exact) mass is 590 g/mol. The molecule has 228 valence electrons. The van der Waals surface area contributed by atoms with Crippen molar-refractivity contribution in [3.63, 3.8) is 0 Å². The van der Waals surface area contributed by atoms with Crippen molar-refractivity contribution in [2.45, 2.75) is 46.1 Å². The SMILES string of the molecule is COC(=O)CC[C@@H](NC(=O)c1ccc(NCCc2c(N(C(C)=O)C(C)=O)nc(NC(C)=O)[nH]c2=O)cc1)C(=O)OC.O. The highest BCUT2D eigenvalue weighted by atomic mass is 16.5. The maximum atomic E-state index is 12.8. The van der Waals surface area contributed by atoms with Gasteiger partial charge in [-0.1, -0.05) is 0 Å². The summed E-state index contributed by atoms with van der Waals surface area (Å²) in [6.07, 6.45) is -0.0540. The molecule has 0 radical (unpaired) electrons. The number of rotatable bonds is 12. The zero-order valence-corrected chi connectivity index (χ0v) is 23.8. The second-order valence-electron chi connectivity index (χ2n) is 8.69. The van der Waals surface area contributed by atoms with Crippen LogP contribution in [0, 0.1) is 0 Å². The van der Waals surface area contributed by atoms with E-state index >= 15 is 0 Å². The number of ether oxygens (including phenoxy) is 2. The highest BCUT2D eigenvalue weighted by Gasteiger charge is 2.25. The molecule has 1 aromatic carbocycles. The molecule has 0 saturated carbocycles. The lowest BCUT2D eigenvalue weighted by atomic mass is 10.1. The Morgan fingerprint density at radius 3 is 2.12 bits per heavy atom. The normalized spacial score (nSPS) is 10.8. The third-order valence-corrected chi connectivity index (χ3v) is 5.64. The minimum absolute atomic E-state index is 0. The van der Waals surface area contributed by atoms with Crippen LogP contribution in [0.15, 0.2) is 29.1 Å². The van der Waals surface area contributed by atoms with Crippen molar-refractivity contribution in [2.75, 3.05) is 36.3 Å². The lowest BCUT2D eigenvalue weighted by Crippen LogP contribution is -2.41. The molecule has 2 rings (SSSR count). The van der Waals surface area contributed by atoms with Crippen LogP contribution in [-0.4, -0.2) is 77.8 Å². The summed E-state index contributed by atoms with van der Waals surface area (Å²) < 4.78 is 9.25. The predicted octanol–water partition coefficient (Wildman–Crippen LogP) is -0.318. The lowest BCUT2D eigenvalue weighted by molar-refractivity contribution is -0.144. The number of aromatic amines is 1. The first-order chi connectivity index (χ1) is 19.4. The molecule has 16 heteroatoms. The van der Waals surface area contributed by atoms with Crippen molar-refractivity contribution in [3.05, 3.63) is 45.7 Å². The number of hydrogen-bond donors (Lipinski definition) is 4. The Hall–Kier alpha value is -5.12. The Labute approximate surface area is 240 Å². The third-order valence-electron chi connectivity index (χ3n) is 5.64. The zero-order valence-electron chi connectivity index (χ0n) is 23.8. The van der Waals surface area contributed by atoms with Crippen LogP contribution in [-0.2, 0) is 39.9 Å². The first-order valence-electron chi connectivity index (χ1n) is 12.4. The molecule has 0 saturated heterocycles. The van der Waals surface area contributed by atoms with Crippen LogP contribution < -0.4 is 26.4 Å². The van der Waals surface area contributed by atoms with Gasteiger partial charge in [0.2, 0.25) is 23.7 Å². The molecule has 0 aliphatic carbocycles. The molecule has 1 aromatic heterocycles. The van der Waals surface area contributed by atoms with Gasteiger partial charge in [0.05, 0.1) is 19.8 Å². The summed E-state index contributed by atoms with van der Waals surface area (Å²) in [5.74, 6) is -4.04. The van der Waals surface area contributed by atoms with E-state index in [0.29, 0.717) is 5.69 Å². The fourth-order valence-corrected chi connectivity index (χ4v) is 3.71. The molecule has 6 N–H and O–H groups in total. The van der Waals surface area contributed by atoms with Gasteiger partial charge in [0.25, 0.3) is 11.5 Å². The van der Waals surface area contributed by atoms with E-state index in [9.17, 15) is 33.6 Å². The van der Waals surface area contributed by atoms with Crippen molar-refractivity contribution in [3.8, 4) is 0 Å². The number of imide groups is 1. The number of H-pyrrole nitrogens is 1. The van der Waals surface area contributed by atoms with E-state index in [-0.39, 0.29) is 54.2 Å². The smallest absolute Gasteiger partial charge is 0.328 e. The van der Waals surface area contributed by atoms with Crippen molar-refractivity contribution >= 4 is 53.0 Å². The predicted molar refractivity (Wildman–Crippen MR) is 150 cm³/mol. The second-order valence-corrected chi connectivity index (χ2v) is 8.69. The molecule has 0 aliphatic rings. The number of esters is 2. The number of nitrogens with zero attached hydrogens (tertiary/aromatic N) is 2. The van der Waals surface area contributed by atoms with Gasteiger partial charge >= 0.3 is 11.9 Å². The van der Waals surface area contributed by atoms with Gasteiger partial charge in [0.15, 0.2) is 5.82 Å². The van der Waals surface area contributed by atoms with Crippen LogP contribution in [0.3, 0.4) is 0 Å². The maximum Gasteiger partial charge on any atom is 0.328 e. The Morgan fingerprint density at radius 1 is 0.976 bits per heavy atom. The number of anilines is 3.